The molecule has 0 radical (unpaired) electrons. The number of carbonyl (C=O) groups is 3. The number of amides is 3. The lowest BCUT2D eigenvalue weighted by atomic mass is 9.96. The third-order valence-electron chi connectivity index (χ3n) is 7.00. The van der Waals surface area contributed by atoms with Crippen molar-refractivity contribution >= 4 is 29.5 Å². The van der Waals surface area contributed by atoms with Crippen molar-refractivity contribution < 1.29 is 24.6 Å². The molecule has 0 bridgehead atoms. The van der Waals surface area contributed by atoms with Gasteiger partial charge >= 0.3 is 0 Å². The number of benzene rings is 2. The van der Waals surface area contributed by atoms with Crippen molar-refractivity contribution in [1.29, 1.82) is 0 Å². The molecule has 210 valence electrons. The average Bonchev–Trinajstić information content (AvgIpc) is 3.23. The molecule has 0 spiro atoms. The maximum atomic E-state index is 13.7. The van der Waals surface area contributed by atoms with Crippen LogP contribution >= 0.6 is 11.8 Å². The van der Waals surface area contributed by atoms with Crippen LogP contribution in [0, 0.1) is 13.8 Å². The zero-order chi connectivity index (χ0) is 28.7. The summed E-state index contributed by atoms with van der Waals surface area (Å²) in [4.78, 5) is 41.6. The van der Waals surface area contributed by atoms with E-state index in [0.717, 1.165) is 12.0 Å². The van der Waals surface area contributed by atoms with Gasteiger partial charge in [0.2, 0.25) is 5.91 Å². The van der Waals surface area contributed by atoms with Gasteiger partial charge in [0.05, 0.1) is 11.9 Å². The predicted molar refractivity (Wildman–Crippen MR) is 155 cm³/mol. The van der Waals surface area contributed by atoms with Crippen LogP contribution in [0.5, 0.6) is 5.75 Å². The van der Waals surface area contributed by atoms with E-state index in [1.807, 2.05) is 63.3 Å². The summed E-state index contributed by atoms with van der Waals surface area (Å²) < 4.78 is -0.567. The van der Waals surface area contributed by atoms with Gasteiger partial charge in [0.25, 0.3) is 11.8 Å². The van der Waals surface area contributed by atoms with Gasteiger partial charge in [-0.2, -0.15) is 0 Å². The largest absolute Gasteiger partial charge is 0.507 e. The van der Waals surface area contributed by atoms with Gasteiger partial charge in [-0.05, 0) is 57.7 Å². The Morgan fingerprint density at radius 3 is 2.49 bits per heavy atom. The molecule has 1 saturated heterocycles. The molecule has 3 amide bonds. The van der Waals surface area contributed by atoms with Crippen molar-refractivity contribution in [2.45, 2.75) is 70.4 Å². The van der Waals surface area contributed by atoms with Crippen LogP contribution in [0.3, 0.4) is 0 Å². The van der Waals surface area contributed by atoms with E-state index in [4.69, 9.17) is 0 Å². The van der Waals surface area contributed by atoms with Crippen LogP contribution < -0.4 is 10.6 Å². The van der Waals surface area contributed by atoms with Gasteiger partial charge in [0.15, 0.2) is 6.10 Å². The Hall–Kier alpha value is -3.30. The molecule has 1 aliphatic rings. The molecule has 3 atom stereocenters. The van der Waals surface area contributed by atoms with Crippen LogP contribution in [0.15, 0.2) is 54.6 Å². The van der Waals surface area contributed by atoms with Gasteiger partial charge in [-0.15, -0.1) is 11.8 Å². The van der Waals surface area contributed by atoms with E-state index in [9.17, 15) is 24.6 Å². The average molecular weight is 554 g/mol. The second-order valence-corrected chi connectivity index (χ2v) is 11.9. The van der Waals surface area contributed by atoms with E-state index in [1.165, 1.54) is 16.7 Å². The number of rotatable bonds is 10. The molecule has 0 saturated carbocycles. The lowest BCUT2D eigenvalue weighted by Crippen LogP contribution is -2.58. The first-order valence-corrected chi connectivity index (χ1v) is 14.2. The molecule has 0 aliphatic carbocycles. The molecule has 1 aliphatic heterocycles. The summed E-state index contributed by atoms with van der Waals surface area (Å²) in [6, 6.07) is 10.8. The number of nitrogens with zero attached hydrogens (tertiary/aromatic N) is 1. The number of aromatic hydroxyl groups is 1. The zero-order valence-corrected chi connectivity index (χ0v) is 24.0. The van der Waals surface area contributed by atoms with Gasteiger partial charge in [0.1, 0.15) is 11.8 Å². The fraction of sp³-hybridized carbons (Fsp3) is 0.433. The number of hydrogen-bond donors (Lipinski definition) is 4. The van der Waals surface area contributed by atoms with Crippen LogP contribution in [-0.4, -0.2) is 68.2 Å². The molecule has 9 heteroatoms. The highest BCUT2D eigenvalue weighted by molar-refractivity contribution is 8.00. The topological polar surface area (TPSA) is 119 Å². The van der Waals surface area contributed by atoms with Gasteiger partial charge in [0, 0.05) is 22.4 Å². The third kappa shape index (κ3) is 7.22. The first kappa shape index (κ1) is 30.2. The summed E-state index contributed by atoms with van der Waals surface area (Å²) in [6.07, 6.45) is 3.27. The van der Waals surface area contributed by atoms with Gasteiger partial charge in [-0.25, -0.2) is 0 Å². The normalized spacial score (nSPS) is 18.1. The molecular weight excluding hydrogens is 514 g/mol. The first-order chi connectivity index (χ1) is 18.5. The van der Waals surface area contributed by atoms with Crippen molar-refractivity contribution in [2.24, 2.45) is 0 Å². The lowest BCUT2D eigenvalue weighted by molar-refractivity contribution is -0.147. The Morgan fingerprint density at radius 2 is 1.82 bits per heavy atom. The van der Waals surface area contributed by atoms with Crippen LogP contribution in [0.2, 0.25) is 0 Å². The first-order valence-electron chi connectivity index (χ1n) is 13.2. The van der Waals surface area contributed by atoms with E-state index in [1.54, 1.807) is 26.0 Å². The van der Waals surface area contributed by atoms with Crippen molar-refractivity contribution in [3.05, 3.63) is 76.9 Å². The molecule has 0 unspecified atom stereocenters. The highest BCUT2D eigenvalue weighted by Gasteiger charge is 2.49. The van der Waals surface area contributed by atoms with Gasteiger partial charge in [-0.1, -0.05) is 55.5 Å². The minimum atomic E-state index is -1.60. The second-order valence-electron chi connectivity index (χ2n) is 10.3. The Bertz CT molecular complexity index is 1210. The number of phenolic OH excluding ortho intramolecular Hbond substituents is 1. The van der Waals surface area contributed by atoms with Crippen molar-refractivity contribution in [3.8, 4) is 5.75 Å². The standard InChI is InChI=1S/C30H39N3O5S/c1-6-7-11-16-31-28(37)26-30(4,5)39-18-33(26)29(38)25(35)23(17-21-12-9-8-10-13-21)32-27(36)22-15-14-19(2)24(34)20(22)3/h7-15,23,25-26,34-35H,6,16-18H2,1-5H3,(H,31,37)(H,32,36)/t23-,25-,26+/m0/s1. The smallest absolute Gasteiger partial charge is 0.254 e. The van der Waals surface area contributed by atoms with E-state index in [2.05, 4.69) is 10.6 Å². The molecule has 3 rings (SSSR count). The number of carbonyl (C=O) groups excluding carboxylic acids is 3. The number of aryl methyl sites for hydroxylation is 1. The monoisotopic (exact) mass is 553 g/mol. The fourth-order valence-electron chi connectivity index (χ4n) is 4.70. The summed E-state index contributed by atoms with van der Waals surface area (Å²) >= 11 is 1.46. The number of thioether (sulfide) groups is 1. The van der Waals surface area contributed by atoms with E-state index in [-0.39, 0.29) is 29.5 Å². The second kappa shape index (κ2) is 13.2. The van der Waals surface area contributed by atoms with E-state index >= 15 is 0 Å². The maximum absolute atomic E-state index is 13.7. The summed E-state index contributed by atoms with van der Waals surface area (Å²) in [7, 11) is 0. The summed E-state index contributed by atoms with van der Waals surface area (Å²) in [5.41, 5.74) is 2.14. The highest BCUT2D eigenvalue weighted by Crippen LogP contribution is 2.40. The Labute approximate surface area is 234 Å². The van der Waals surface area contributed by atoms with Crippen LogP contribution in [0.1, 0.15) is 54.2 Å². The maximum Gasteiger partial charge on any atom is 0.254 e. The van der Waals surface area contributed by atoms with Crippen molar-refractivity contribution in [1.82, 2.24) is 15.5 Å². The molecule has 8 nitrogen and oxygen atoms in total. The Kier molecular flexibility index (Phi) is 10.2. The fourth-order valence-corrected chi connectivity index (χ4v) is 5.84. The van der Waals surface area contributed by atoms with Crippen LogP contribution in [0.25, 0.3) is 0 Å². The molecule has 1 fully saturated rings. The van der Waals surface area contributed by atoms with Gasteiger partial charge in [-0.3, -0.25) is 14.4 Å². The number of aliphatic hydroxyl groups excluding tert-OH is 1. The molecular formula is C30H39N3O5S. The zero-order valence-electron chi connectivity index (χ0n) is 23.2. The number of allylic oxidation sites excluding steroid dienone is 1. The molecule has 2 aromatic carbocycles. The molecule has 2 aromatic rings. The lowest BCUT2D eigenvalue weighted by Gasteiger charge is -2.33. The number of nitrogens with one attached hydrogen (secondary N) is 2. The number of phenols is 1. The van der Waals surface area contributed by atoms with E-state index < -0.39 is 34.7 Å². The summed E-state index contributed by atoms with van der Waals surface area (Å²) in [5, 5.41) is 27.4. The summed E-state index contributed by atoms with van der Waals surface area (Å²) in [5.74, 6) is -1.16. The quantitative estimate of drug-likeness (QED) is 0.335. The van der Waals surface area contributed by atoms with Crippen molar-refractivity contribution in [2.75, 3.05) is 12.4 Å². The molecule has 4 N–H and O–H groups in total. The van der Waals surface area contributed by atoms with Crippen molar-refractivity contribution in [3.63, 3.8) is 0 Å². The van der Waals surface area contributed by atoms with Gasteiger partial charge < -0.3 is 25.7 Å². The Balaban J connectivity index is 1.86. The van der Waals surface area contributed by atoms with Crippen LogP contribution in [-0.2, 0) is 16.0 Å². The minimum absolute atomic E-state index is 0.0258. The molecule has 1 heterocycles. The number of aliphatic hydroxyl groups is 1. The predicted octanol–water partition coefficient (Wildman–Crippen LogP) is 3.47. The third-order valence-corrected chi connectivity index (χ3v) is 8.37. The Morgan fingerprint density at radius 1 is 1.13 bits per heavy atom. The minimum Gasteiger partial charge on any atom is -0.507 e. The molecule has 39 heavy (non-hydrogen) atoms. The van der Waals surface area contributed by atoms with Crippen LogP contribution in [0.4, 0.5) is 0 Å². The van der Waals surface area contributed by atoms with E-state index in [0.29, 0.717) is 17.7 Å². The summed E-state index contributed by atoms with van der Waals surface area (Å²) in [6.45, 7) is 9.55. The SMILES string of the molecule is CCC=CCNC(=O)[C@H]1N(C(=O)[C@@H](O)[C@H](Cc2ccccc2)NC(=O)c2ccc(C)c(O)c2C)CSC1(C)C. The number of hydrogen-bond acceptors (Lipinski definition) is 6. The highest BCUT2D eigenvalue weighted by atomic mass is 32.2. The molecule has 0 aromatic heterocycles.